The van der Waals surface area contributed by atoms with Crippen molar-refractivity contribution in [2.75, 3.05) is 18.0 Å². The summed E-state index contributed by atoms with van der Waals surface area (Å²) in [5, 5.41) is 0. The molecule has 0 saturated carbocycles. The van der Waals surface area contributed by atoms with Crippen molar-refractivity contribution >= 4 is 21.7 Å². The Balaban J connectivity index is 2.15. The highest BCUT2D eigenvalue weighted by Gasteiger charge is 2.21. The van der Waals surface area contributed by atoms with Gasteiger partial charge in [0.05, 0.1) is 0 Å². The first kappa shape index (κ1) is 15.7. The van der Waals surface area contributed by atoms with E-state index in [0.29, 0.717) is 5.92 Å². The van der Waals surface area contributed by atoms with Crippen LogP contribution in [0.1, 0.15) is 58.7 Å². The van der Waals surface area contributed by atoms with Gasteiger partial charge in [-0.1, -0.05) is 27.7 Å². The molecule has 1 aromatic rings. The minimum atomic E-state index is 0.363. The average molecular weight is 340 g/mol. The van der Waals surface area contributed by atoms with E-state index in [9.17, 15) is 0 Å². The van der Waals surface area contributed by atoms with Crippen LogP contribution in [0, 0.1) is 11.8 Å². The van der Waals surface area contributed by atoms with Gasteiger partial charge in [0.1, 0.15) is 16.2 Å². The lowest BCUT2D eigenvalue weighted by atomic mass is 9.89. The number of rotatable bonds is 3. The molecule has 1 aliphatic rings. The Morgan fingerprint density at radius 3 is 2.55 bits per heavy atom. The van der Waals surface area contributed by atoms with Crippen LogP contribution in [-0.2, 0) is 0 Å². The molecule has 4 heteroatoms. The molecule has 0 bridgehead atoms. The van der Waals surface area contributed by atoms with E-state index < -0.39 is 0 Å². The van der Waals surface area contributed by atoms with Gasteiger partial charge in [0.15, 0.2) is 0 Å². The summed E-state index contributed by atoms with van der Waals surface area (Å²) < 4.78 is 0.899. The SMILES string of the molecule is CC(C)c1nc(Br)cc(N2CCCC(C(C)C)CC2)n1. The lowest BCUT2D eigenvalue weighted by molar-refractivity contribution is 0.351. The molecule has 1 atom stereocenters. The van der Waals surface area contributed by atoms with Gasteiger partial charge in [0.25, 0.3) is 0 Å². The summed E-state index contributed by atoms with van der Waals surface area (Å²) >= 11 is 3.52. The van der Waals surface area contributed by atoms with Crippen molar-refractivity contribution in [3.63, 3.8) is 0 Å². The first-order chi connectivity index (χ1) is 9.47. The maximum atomic E-state index is 4.75. The molecular formula is C16H26BrN3. The molecule has 0 N–H and O–H groups in total. The van der Waals surface area contributed by atoms with Gasteiger partial charge in [-0.2, -0.15) is 0 Å². The first-order valence-electron chi connectivity index (χ1n) is 7.76. The molecule has 3 nitrogen and oxygen atoms in total. The Labute approximate surface area is 131 Å². The van der Waals surface area contributed by atoms with Gasteiger partial charge in [-0.25, -0.2) is 9.97 Å². The Bertz CT molecular complexity index is 445. The highest BCUT2D eigenvalue weighted by Crippen LogP contribution is 2.28. The zero-order valence-corrected chi connectivity index (χ0v) is 14.7. The molecule has 1 unspecified atom stereocenters. The van der Waals surface area contributed by atoms with Crippen molar-refractivity contribution in [2.45, 2.75) is 52.9 Å². The molecule has 1 saturated heterocycles. The van der Waals surface area contributed by atoms with Gasteiger partial charge in [-0.05, 0) is 47.0 Å². The lowest BCUT2D eigenvalue weighted by Gasteiger charge is -2.23. The van der Waals surface area contributed by atoms with Crippen LogP contribution in [0.3, 0.4) is 0 Å². The van der Waals surface area contributed by atoms with E-state index >= 15 is 0 Å². The number of hydrogen-bond acceptors (Lipinski definition) is 3. The highest BCUT2D eigenvalue weighted by molar-refractivity contribution is 9.10. The van der Waals surface area contributed by atoms with Crippen LogP contribution in [0.5, 0.6) is 0 Å². The molecule has 112 valence electrons. The molecule has 1 fully saturated rings. The maximum Gasteiger partial charge on any atom is 0.134 e. The first-order valence-corrected chi connectivity index (χ1v) is 8.56. The summed E-state index contributed by atoms with van der Waals surface area (Å²) in [5.74, 6) is 4.02. The van der Waals surface area contributed by atoms with E-state index in [4.69, 9.17) is 4.98 Å². The third-order valence-electron chi connectivity index (χ3n) is 4.25. The third-order valence-corrected chi connectivity index (χ3v) is 4.66. The van der Waals surface area contributed by atoms with Gasteiger partial charge < -0.3 is 4.90 Å². The lowest BCUT2D eigenvalue weighted by Crippen LogP contribution is -2.26. The summed E-state index contributed by atoms with van der Waals surface area (Å²) in [4.78, 5) is 11.7. The zero-order chi connectivity index (χ0) is 14.7. The van der Waals surface area contributed by atoms with Gasteiger partial charge in [-0.15, -0.1) is 0 Å². The van der Waals surface area contributed by atoms with Crippen LogP contribution in [-0.4, -0.2) is 23.1 Å². The minimum Gasteiger partial charge on any atom is -0.356 e. The summed E-state index contributed by atoms with van der Waals surface area (Å²) in [6, 6.07) is 2.06. The van der Waals surface area contributed by atoms with Gasteiger partial charge >= 0.3 is 0 Å². The van der Waals surface area contributed by atoms with Gasteiger partial charge in [0, 0.05) is 25.1 Å². The average Bonchev–Trinajstić information content (AvgIpc) is 2.63. The normalized spacial score (nSPS) is 20.6. The Hall–Kier alpha value is -0.640. The van der Waals surface area contributed by atoms with Crippen LogP contribution >= 0.6 is 15.9 Å². The molecule has 1 aliphatic heterocycles. The molecule has 2 heterocycles. The summed E-state index contributed by atoms with van der Waals surface area (Å²) in [6.45, 7) is 11.2. The zero-order valence-electron chi connectivity index (χ0n) is 13.1. The molecule has 0 radical (unpaired) electrons. The van der Waals surface area contributed by atoms with E-state index in [1.807, 2.05) is 0 Å². The molecule has 0 amide bonds. The maximum absolute atomic E-state index is 4.75. The van der Waals surface area contributed by atoms with Crippen LogP contribution in [0.15, 0.2) is 10.7 Å². The summed E-state index contributed by atoms with van der Waals surface area (Å²) in [7, 11) is 0. The predicted molar refractivity (Wildman–Crippen MR) is 88.2 cm³/mol. The van der Waals surface area contributed by atoms with Crippen LogP contribution in [0.4, 0.5) is 5.82 Å². The second-order valence-corrected chi connectivity index (χ2v) is 7.30. The van der Waals surface area contributed by atoms with Crippen molar-refractivity contribution < 1.29 is 0 Å². The van der Waals surface area contributed by atoms with Crippen molar-refractivity contribution in [3.8, 4) is 0 Å². The summed E-state index contributed by atoms with van der Waals surface area (Å²) in [5.41, 5.74) is 0. The topological polar surface area (TPSA) is 29.0 Å². The van der Waals surface area contributed by atoms with Crippen molar-refractivity contribution in [1.82, 2.24) is 9.97 Å². The molecule has 0 aliphatic carbocycles. The second-order valence-electron chi connectivity index (χ2n) is 6.48. The third kappa shape index (κ3) is 3.94. The molecular weight excluding hydrogens is 314 g/mol. The van der Waals surface area contributed by atoms with Crippen molar-refractivity contribution in [1.29, 1.82) is 0 Å². The van der Waals surface area contributed by atoms with Crippen molar-refractivity contribution in [2.24, 2.45) is 11.8 Å². The molecule has 20 heavy (non-hydrogen) atoms. The minimum absolute atomic E-state index is 0.363. The smallest absolute Gasteiger partial charge is 0.134 e. The Kier molecular flexibility index (Phi) is 5.42. The highest BCUT2D eigenvalue weighted by atomic mass is 79.9. The fourth-order valence-corrected chi connectivity index (χ4v) is 3.25. The predicted octanol–water partition coefficient (Wildman–Crippen LogP) is 4.63. The summed E-state index contributed by atoms with van der Waals surface area (Å²) in [6.07, 6.45) is 3.88. The quantitative estimate of drug-likeness (QED) is 0.752. The molecule has 0 spiro atoms. The number of nitrogens with zero attached hydrogens (tertiary/aromatic N) is 3. The molecule has 2 rings (SSSR count). The Morgan fingerprint density at radius 1 is 1.15 bits per heavy atom. The number of hydrogen-bond donors (Lipinski definition) is 0. The second kappa shape index (κ2) is 6.88. The van der Waals surface area contributed by atoms with Crippen LogP contribution in [0.2, 0.25) is 0 Å². The number of halogens is 1. The fraction of sp³-hybridized carbons (Fsp3) is 0.750. The van der Waals surface area contributed by atoms with Crippen LogP contribution in [0.25, 0.3) is 0 Å². The van der Waals surface area contributed by atoms with E-state index in [0.717, 1.165) is 41.2 Å². The standard InChI is InChI=1S/C16H26BrN3/c1-11(2)13-6-5-8-20(9-7-13)15-10-14(17)18-16(19-15)12(3)4/h10-13H,5-9H2,1-4H3. The van der Waals surface area contributed by atoms with E-state index in [1.165, 1.54) is 19.3 Å². The number of anilines is 1. The van der Waals surface area contributed by atoms with Crippen LogP contribution < -0.4 is 4.90 Å². The van der Waals surface area contributed by atoms with E-state index in [-0.39, 0.29) is 0 Å². The fourth-order valence-electron chi connectivity index (χ4n) is 2.86. The van der Waals surface area contributed by atoms with E-state index in [2.05, 4.69) is 59.6 Å². The monoisotopic (exact) mass is 339 g/mol. The molecule has 0 aromatic carbocycles. The molecule has 1 aromatic heterocycles. The Morgan fingerprint density at radius 2 is 1.90 bits per heavy atom. The largest absolute Gasteiger partial charge is 0.356 e. The van der Waals surface area contributed by atoms with Crippen molar-refractivity contribution in [3.05, 3.63) is 16.5 Å². The van der Waals surface area contributed by atoms with E-state index in [1.54, 1.807) is 0 Å². The number of aromatic nitrogens is 2. The van der Waals surface area contributed by atoms with Gasteiger partial charge in [-0.3, -0.25) is 0 Å². The van der Waals surface area contributed by atoms with Gasteiger partial charge in [0.2, 0.25) is 0 Å².